The van der Waals surface area contributed by atoms with Crippen LogP contribution in [0.4, 0.5) is 17.2 Å². The minimum Gasteiger partial charge on any atom is -0.467 e. The van der Waals surface area contributed by atoms with Crippen LogP contribution in [-0.4, -0.2) is 36.6 Å². The van der Waals surface area contributed by atoms with Crippen molar-refractivity contribution in [2.45, 2.75) is 38.8 Å². The van der Waals surface area contributed by atoms with E-state index in [1.165, 1.54) is 7.11 Å². The highest BCUT2D eigenvalue weighted by atomic mass is 16.5. The van der Waals surface area contributed by atoms with Gasteiger partial charge in [0.1, 0.15) is 18.3 Å². The predicted molar refractivity (Wildman–Crippen MR) is 114 cm³/mol. The molecule has 2 heterocycles. The molecule has 8 heteroatoms. The molecule has 1 aliphatic rings. The first-order chi connectivity index (χ1) is 14.5. The average Bonchev–Trinajstić information content (AvgIpc) is 3.24. The summed E-state index contributed by atoms with van der Waals surface area (Å²) in [7, 11) is 1.42. The van der Waals surface area contributed by atoms with E-state index in [-0.39, 0.29) is 24.3 Å². The average molecular weight is 407 g/mol. The minimum atomic E-state index is -0.369. The van der Waals surface area contributed by atoms with Crippen LogP contribution in [0.15, 0.2) is 36.5 Å². The molecule has 0 spiro atoms. The van der Waals surface area contributed by atoms with E-state index in [0.717, 1.165) is 36.2 Å². The molecule has 2 N–H and O–H groups in total. The zero-order valence-corrected chi connectivity index (χ0v) is 17.1. The van der Waals surface area contributed by atoms with E-state index in [1.807, 2.05) is 37.3 Å². The second-order valence-electron chi connectivity index (χ2n) is 7.13. The fourth-order valence-corrected chi connectivity index (χ4v) is 3.55. The molecule has 1 atom stereocenters. The Morgan fingerprint density at radius 3 is 2.77 bits per heavy atom. The molecule has 1 aliphatic heterocycles. The third-order valence-electron chi connectivity index (χ3n) is 5.12. The second kappa shape index (κ2) is 9.74. The number of carbonyl (C=O) groups is 2. The monoisotopic (exact) mass is 407 g/mol. The molecule has 1 saturated heterocycles. The molecule has 0 saturated carbocycles. The van der Waals surface area contributed by atoms with E-state index in [0.29, 0.717) is 18.1 Å². The molecule has 8 nitrogen and oxygen atoms in total. The topological polar surface area (TPSA) is 107 Å². The summed E-state index contributed by atoms with van der Waals surface area (Å²) in [5.41, 5.74) is 3.46. The highest BCUT2D eigenvalue weighted by Crippen LogP contribution is 2.27. The van der Waals surface area contributed by atoms with E-state index in [4.69, 9.17) is 10.00 Å². The number of benzene rings is 1. The smallest absolute Gasteiger partial charge is 0.328 e. The predicted octanol–water partition coefficient (Wildman–Crippen LogP) is 3.00. The van der Waals surface area contributed by atoms with Crippen molar-refractivity contribution in [2.24, 2.45) is 0 Å². The summed E-state index contributed by atoms with van der Waals surface area (Å²) in [5.74, 6) is -0.0165. The molecule has 1 aromatic heterocycles. The summed E-state index contributed by atoms with van der Waals surface area (Å²) < 4.78 is 4.92. The molecule has 0 aliphatic carbocycles. The Balaban J connectivity index is 1.67. The Bertz CT molecular complexity index is 952. The largest absolute Gasteiger partial charge is 0.467 e. The molecule has 156 valence electrons. The first kappa shape index (κ1) is 21.1. The van der Waals surface area contributed by atoms with E-state index in [1.54, 1.807) is 12.3 Å². The second-order valence-corrected chi connectivity index (χ2v) is 7.13. The van der Waals surface area contributed by atoms with Gasteiger partial charge in [-0.15, -0.1) is 0 Å². The van der Waals surface area contributed by atoms with E-state index < -0.39 is 0 Å². The lowest BCUT2D eigenvalue weighted by Crippen LogP contribution is -2.36. The number of pyridine rings is 1. The van der Waals surface area contributed by atoms with Gasteiger partial charge in [0.2, 0.25) is 5.91 Å². The Kier molecular flexibility index (Phi) is 6.86. The molecule has 1 unspecified atom stereocenters. The number of amides is 1. The van der Waals surface area contributed by atoms with Crippen molar-refractivity contribution >= 4 is 29.1 Å². The number of aryl methyl sites for hydroxylation is 1. The SMILES string of the molecule is COC(=O)C1CCCN1c1ccc(CNc2nccc(C)c2NC(=O)CC#N)cc1. The molecular formula is C22H25N5O3. The van der Waals surface area contributed by atoms with Gasteiger partial charge in [0.05, 0.1) is 18.9 Å². The number of hydrogen-bond donors (Lipinski definition) is 2. The number of rotatable bonds is 7. The standard InChI is InChI=1S/C22H25N5O3/c1-15-10-12-24-21(20(15)26-19(28)9-11-23)25-14-16-5-7-17(8-6-16)27-13-3-4-18(27)22(29)30-2/h5-8,10,12,18H,3-4,9,13-14H2,1-2H3,(H,24,25)(H,26,28). The highest BCUT2D eigenvalue weighted by Gasteiger charge is 2.31. The number of nitrogens with zero attached hydrogens (tertiary/aromatic N) is 3. The zero-order valence-electron chi connectivity index (χ0n) is 17.1. The maximum Gasteiger partial charge on any atom is 0.328 e. The van der Waals surface area contributed by atoms with Gasteiger partial charge < -0.3 is 20.3 Å². The van der Waals surface area contributed by atoms with Gasteiger partial charge in [-0.25, -0.2) is 9.78 Å². The lowest BCUT2D eigenvalue weighted by atomic mass is 10.1. The summed E-state index contributed by atoms with van der Waals surface area (Å²) in [6, 6.07) is 11.4. The number of nitriles is 1. The van der Waals surface area contributed by atoms with Gasteiger partial charge in [0.15, 0.2) is 0 Å². The van der Waals surface area contributed by atoms with Crippen LogP contribution in [0.2, 0.25) is 0 Å². The Morgan fingerprint density at radius 1 is 1.30 bits per heavy atom. The number of nitrogens with one attached hydrogen (secondary N) is 2. The maximum absolute atomic E-state index is 12.0. The normalized spacial score (nSPS) is 15.4. The number of carbonyl (C=O) groups excluding carboxylic acids is 2. The fraction of sp³-hybridized carbons (Fsp3) is 0.364. The first-order valence-electron chi connectivity index (χ1n) is 9.83. The fourth-order valence-electron chi connectivity index (χ4n) is 3.55. The number of ether oxygens (including phenoxy) is 1. The lowest BCUT2D eigenvalue weighted by Gasteiger charge is -2.25. The van der Waals surface area contributed by atoms with Crippen molar-refractivity contribution in [2.75, 3.05) is 29.2 Å². The Morgan fingerprint density at radius 2 is 2.07 bits per heavy atom. The van der Waals surface area contributed by atoms with Gasteiger partial charge in [0.25, 0.3) is 0 Å². The van der Waals surface area contributed by atoms with Crippen LogP contribution in [0, 0.1) is 18.3 Å². The molecule has 0 bridgehead atoms. The molecule has 2 aromatic rings. The number of aromatic nitrogens is 1. The van der Waals surface area contributed by atoms with E-state index in [2.05, 4.69) is 20.5 Å². The highest BCUT2D eigenvalue weighted by molar-refractivity contribution is 5.95. The molecule has 30 heavy (non-hydrogen) atoms. The van der Waals surface area contributed by atoms with Crippen LogP contribution in [0.3, 0.4) is 0 Å². The van der Waals surface area contributed by atoms with Gasteiger partial charge in [0, 0.05) is 25.0 Å². The molecule has 1 aromatic carbocycles. The maximum atomic E-state index is 12.0. The van der Waals surface area contributed by atoms with E-state index >= 15 is 0 Å². The number of methoxy groups -OCH3 is 1. The molecule has 0 radical (unpaired) electrons. The molecule has 3 rings (SSSR count). The van der Waals surface area contributed by atoms with Crippen molar-refractivity contribution in [1.29, 1.82) is 5.26 Å². The quantitative estimate of drug-likeness (QED) is 0.679. The summed E-state index contributed by atoms with van der Waals surface area (Å²) >= 11 is 0. The van der Waals surface area contributed by atoms with Gasteiger partial charge in [-0.3, -0.25) is 4.79 Å². The summed E-state index contributed by atoms with van der Waals surface area (Å²) in [4.78, 5) is 30.2. The number of hydrogen-bond acceptors (Lipinski definition) is 7. The van der Waals surface area contributed by atoms with Crippen molar-refractivity contribution in [3.63, 3.8) is 0 Å². The molecule has 1 fully saturated rings. The van der Waals surface area contributed by atoms with Crippen LogP contribution in [0.5, 0.6) is 0 Å². The van der Waals surface area contributed by atoms with Gasteiger partial charge in [-0.05, 0) is 49.1 Å². The Hall–Kier alpha value is -3.60. The van der Waals surface area contributed by atoms with Crippen LogP contribution < -0.4 is 15.5 Å². The van der Waals surface area contributed by atoms with Crippen molar-refractivity contribution in [3.05, 3.63) is 47.7 Å². The van der Waals surface area contributed by atoms with Gasteiger partial charge in [-0.1, -0.05) is 12.1 Å². The van der Waals surface area contributed by atoms with Gasteiger partial charge >= 0.3 is 5.97 Å². The third kappa shape index (κ3) is 4.87. The summed E-state index contributed by atoms with van der Waals surface area (Å²) in [6.07, 6.45) is 3.22. The van der Waals surface area contributed by atoms with Crippen molar-refractivity contribution in [1.82, 2.24) is 4.98 Å². The third-order valence-corrected chi connectivity index (χ3v) is 5.12. The molecule has 1 amide bonds. The minimum absolute atomic E-state index is 0.199. The van der Waals surface area contributed by atoms with Crippen LogP contribution in [-0.2, 0) is 20.9 Å². The number of esters is 1. The summed E-state index contributed by atoms with van der Waals surface area (Å²) in [6.45, 7) is 3.21. The van der Waals surface area contributed by atoms with Crippen LogP contribution >= 0.6 is 0 Å². The Labute approximate surface area is 175 Å². The van der Waals surface area contributed by atoms with Crippen LogP contribution in [0.1, 0.15) is 30.4 Å². The summed E-state index contributed by atoms with van der Waals surface area (Å²) in [5, 5.41) is 14.7. The van der Waals surface area contributed by atoms with Crippen LogP contribution in [0.25, 0.3) is 0 Å². The zero-order chi connectivity index (χ0) is 21.5. The first-order valence-corrected chi connectivity index (χ1v) is 9.83. The van der Waals surface area contributed by atoms with E-state index in [9.17, 15) is 9.59 Å². The number of anilines is 3. The molecular weight excluding hydrogens is 382 g/mol. The lowest BCUT2D eigenvalue weighted by molar-refractivity contribution is -0.141. The van der Waals surface area contributed by atoms with Crippen molar-refractivity contribution in [3.8, 4) is 6.07 Å². The van der Waals surface area contributed by atoms with Gasteiger partial charge in [-0.2, -0.15) is 5.26 Å². The van der Waals surface area contributed by atoms with Crippen molar-refractivity contribution < 1.29 is 14.3 Å².